The van der Waals surface area contributed by atoms with Crippen LogP contribution in [0.5, 0.6) is 5.75 Å². The first-order chi connectivity index (χ1) is 16.6. The number of fused-ring (bicyclic) bond motifs is 1. The van der Waals surface area contributed by atoms with E-state index in [9.17, 15) is 9.59 Å². The molecule has 2 aliphatic rings. The predicted molar refractivity (Wildman–Crippen MR) is 138 cm³/mol. The number of rotatable bonds is 4. The van der Waals surface area contributed by atoms with Gasteiger partial charge in [-0.3, -0.25) is 4.79 Å². The summed E-state index contributed by atoms with van der Waals surface area (Å²) in [7, 11) is 1.84. The molecule has 2 amide bonds. The van der Waals surface area contributed by atoms with E-state index in [-0.39, 0.29) is 12.0 Å². The SMILES string of the molecule is CCCN(C)C(=O)c1ccc(C2=CC3(CCN(C(=O)OC(C)(C)C)CC3)Oc3ccccc32)cc1. The van der Waals surface area contributed by atoms with Gasteiger partial charge in [-0.05, 0) is 62.6 Å². The predicted octanol–water partition coefficient (Wildman–Crippen LogP) is 5.76. The number of para-hydroxylation sites is 1. The normalized spacial score (nSPS) is 16.7. The molecule has 1 saturated heterocycles. The minimum Gasteiger partial charge on any atom is -0.482 e. The third-order valence-electron chi connectivity index (χ3n) is 6.51. The molecule has 0 aliphatic carbocycles. The Morgan fingerprint density at radius 1 is 1.06 bits per heavy atom. The van der Waals surface area contributed by atoms with Gasteiger partial charge in [-0.2, -0.15) is 0 Å². The van der Waals surface area contributed by atoms with Crippen LogP contribution in [-0.2, 0) is 4.74 Å². The van der Waals surface area contributed by atoms with Crippen LogP contribution in [0.1, 0.15) is 68.4 Å². The van der Waals surface area contributed by atoms with Gasteiger partial charge >= 0.3 is 6.09 Å². The van der Waals surface area contributed by atoms with Crippen molar-refractivity contribution in [3.8, 4) is 5.75 Å². The molecule has 2 aromatic carbocycles. The smallest absolute Gasteiger partial charge is 0.410 e. The molecule has 0 unspecified atom stereocenters. The Hall–Kier alpha value is -3.28. The van der Waals surface area contributed by atoms with Crippen molar-refractivity contribution in [2.24, 2.45) is 0 Å². The van der Waals surface area contributed by atoms with Gasteiger partial charge in [0, 0.05) is 50.7 Å². The van der Waals surface area contributed by atoms with E-state index in [0.29, 0.717) is 31.5 Å². The minimum absolute atomic E-state index is 0.0331. The van der Waals surface area contributed by atoms with Gasteiger partial charge < -0.3 is 19.3 Å². The Morgan fingerprint density at radius 2 is 1.71 bits per heavy atom. The van der Waals surface area contributed by atoms with Crippen LogP contribution >= 0.6 is 0 Å². The molecule has 6 heteroatoms. The molecule has 4 rings (SSSR count). The first kappa shape index (κ1) is 24.8. The van der Waals surface area contributed by atoms with Crippen LogP contribution in [0.15, 0.2) is 54.6 Å². The molecule has 1 fully saturated rings. The van der Waals surface area contributed by atoms with E-state index in [1.54, 1.807) is 9.80 Å². The Bertz CT molecular complexity index is 1110. The van der Waals surface area contributed by atoms with E-state index < -0.39 is 11.2 Å². The summed E-state index contributed by atoms with van der Waals surface area (Å²) in [5.74, 6) is 0.879. The van der Waals surface area contributed by atoms with Crippen molar-refractivity contribution in [3.05, 3.63) is 71.3 Å². The fourth-order valence-electron chi connectivity index (χ4n) is 4.70. The van der Waals surface area contributed by atoms with E-state index >= 15 is 0 Å². The molecular formula is C29H36N2O4. The van der Waals surface area contributed by atoms with Gasteiger partial charge in [-0.1, -0.05) is 37.3 Å². The van der Waals surface area contributed by atoms with Crippen LogP contribution in [0.2, 0.25) is 0 Å². The fraction of sp³-hybridized carbons (Fsp3) is 0.448. The molecule has 6 nitrogen and oxygen atoms in total. The van der Waals surface area contributed by atoms with Crippen molar-refractivity contribution in [2.75, 3.05) is 26.7 Å². The number of benzene rings is 2. The Balaban J connectivity index is 1.59. The van der Waals surface area contributed by atoms with Crippen LogP contribution in [-0.4, -0.2) is 59.7 Å². The van der Waals surface area contributed by atoms with E-state index in [4.69, 9.17) is 9.47 Å². The van der Waals surface area contributed by atoms with Gasteiger partial charge in [0.15, 0.2) is 0 Å². The lowest BCUT2D eigenvalue weighted by atomic mass is 9.83. The molecule has 0 bridgehead atoms. The summed E-state index contributed by atoms with van der Waals surface area (Å²) in [6.45, 7) is 9.58. The molecule has 0 radical (unpaired) electrons. The van der Waals surface area contributed by atoms with Crippen molar-refractivity contribution >= 4 is 17.6 Å². The highest BCUT2D eigenvalue weighted by Gasteiger charge is 2.40. The lowest BCUT2D eigenvalue weighted by Gasteiger charge is -2.43. The number of hydrogen-bond donors (Lipinski definition) is 0. The van der Waals surface area contributed by atoms with Crippen LogP contribution < -0.4 is 4.74 Å². The lowest BCUT2D eigenvalue weighted by molar-refractivity contribution is -0.00117. The van der Waals surface area contributed by atoms with Gasteiger partial charge in [0.25, 0.3) is 5.91 Å². The molecule has 0 atom stereocenters. The maximum Gasteiger partial charge on any atom is 0.410 e. The van der Waals surface area contributed by atoms with Crippen LogP contribution in [0.25, 0.3) is 5.57 Å². The van der Waals surface area contributed by atoms with E-state index in [0.717, 1.165) is 35.4 Å². The number of likely N-dealkylation sites (tertiary alicyclic amines) is 1. The zero-order valence-electron chi connectivity index (χ0n) is 21.5. The lowest BCUT2D eigenvalue weighted by Crippen LogP contribution is -2.50. The van der Waals surface area contributed by atoms with E-state index in [2.05, 4.69) is 19.1 Å². The third kappa shape index (κ3) is 5.53. The summed E-state index contributed by atoms with van der Waals surface area (Å²) in [6, 6.07) is 15.9. The summed E-state index contributed by atoms with van der Waals surface area (Å²) in [5, 5.41) is 0. The average molecular weight is 477 g/mol. The van der Waals surface area contributed by atoms with E-state index in [1.165, 1.54) is 0 Å². The highest BCUT2D eigenvalue weighted by atomic mass is 16.6. The number of ether oxygens (including phenoxy) is 2. The Morgan fingerprint density at radius 3 is 2.34 bits per heavy atom. The number of carbonyl (C=O) groups excluding carboxylic acids is 2. The van der Waals surface area contributed by atoms with Gasteiger partial charge in [0.1, 0.15) is 17.0 Å². The van der Waals surface area contributed by atoms with Crippen molar-refractivity contribution in [1.29, 1.82) is 0 Å². The molecule has 0 N–H and O–H groups in total. The van der Waals surface area contributed by atoms with E-state index in [1.807, 2.05) is 70.3 Å². The maximum absolute atomic E-state index is 12.7. The van der Waals surface area contributed by atoms with Gasteiger partial charge in [0.05, 0.1) is 0 Å². The summed E-state index contributed by atoms with van der Waals surface area (Å²) in [5.41, 5.74) is 2.86. The molecule has 0 aromatic heterocycles. The summed E-state index contributed by atoms with van der Waals surface area (Å²) in [4.78, 5) is 28.8. The van der Waals surface area contributed by atoms with Crippen LogP contribution in [0.4, 0.5) is 4.79 Å². The molecule has 35 heavy (non-hydrogen) atoms. The fourth-order valence-corrected chi connectivity index (χ4v) is 4.70. The van der Waals surface area contributed by atoms with Gasteiger partial charge in [-0.25, -0.2) is 4.79 Å². The number of hydrogen-bond acceptors (Lipinski definition) is 4. The second-order valence-corrected chi connectivity index (χ2v) is 10.5. The molecular weight excluding hydrogens is 440 g/mol. The highest BCUT2D eigenvalue weighted by molar-refractivity contribution is 5.95. The largest absolute Gasteiger partial charge is 0.482 e. The zero-order valence-corrected chi connectivity index (χ0v) is 21.5. The first-order valence-corrected chi connectivity index (χ1v) is 12.5. The zero-order chi connectivity index (χ0) is 25.2. The van der Waals surface area contributed by atoms with Crippen LogP contribution in [0.3, 0.4) is 0 Å². The molecule has 2 heterocycles. The monoisotopic (exact) mass is 476 g/mol. The maximum atomic E-state index is 12.7. The number of carbonyl (C=O) groups is 2. The molecule has 1 spiro atoms. The highest BCUT2D eigenvalue weighted by Crippen LogP contribution is 2.43. The third-order valence-corrected chi connectivity index (χ3v) is 6.51. The quantitative estimate of drug-likeness (QED) is 0.563. The second-order valence-electron chi connectivity index (χ2n) is 10.5. The second kappa shape index (κ2) is 9.76. The van der Waals surface area contributed by atoms with Crippen LogP contribution in [0, 0.1) is 0 Å². The number of amides is 2. The van der Waals surface area contributed by atoms with Crippen molar-refractivity contribution in [1.82, 2.24) is 9.80 Å². The molecule has 0 saturated carbocycles. The summed E-state index contributed by atoms with van der Waals surface area (Å²) < 4.78 is 12.1. The summed E-state index contributed by atoms with van der Waals surface area (Å²) >= 11 is 0. The standard InChI is InChI=1S/C29H36N2O4/c1-6-17-30(5)26(32)22-13-11-21(12-14-22)24-20-29(34-25-10-8-7-9-23(24)25)15-18-31(19-16-29)27(33)35-28(2,3)4/h7-14,20H,6,15-19H2,1-5H3. The molecule has 2 aromatic rings. The van der Waals surface area contributed by atoms with Crippen molar-refractivity contribution in [2.45, 2.75) is 58.2 Å². The molecule has 186 valence electrons. The number of piperidine rings is 1. The summed E-state index contributed by atoms with van der Waals surface area (Å²) in [6.07, 6.45) is 4.23. The number of nitrogens with zero attached hydrogens (tertiary/aromatic N) is 2. The topological polar surface area (TPSA) is 59.1 Å². The van der Waals surface area contributed by atoms with Gasteiger partial charge in [-0.15, -0.1) is 0 Å². The van der Waals surface area contributed by atoms with Crippen molar-refractivity contribution < 1.29 is 19.1 Å². The Kier molecular flexibility index (Phi) is 6.93. The van der Waals surface area contributed by atoms with Gasteiger partial charge in [0.2, 0.25) is 0 Å². The Labute approximate surface area is 208 Å². The average Bonchev–Trinajstić information content (AvgIpc) is 2.82. The first-order valence-electron chi connectivity index (χ1n) is 12.5. The molecule has 2 aliphatic heterocycles. The van der Waals surface area contributed by atoms with Crippen molar-refractivity contribution in [3.63, 3.8) is 0 Å². The minimum atomic E-state index is -0.515.